The SMILES string of the molecule is CC1=NOC(=O)[C@@H]1CCC(=O)O. The van der Waals surface area contributed by atoms with Gasteiger partial charge in [0.1, 0.15) is 5.92 Å². The summed E-state index contributed by atoms with van der Waals surface area (Å²) in [5, 5.41) is 11.8. The highest BCUT2D eigenvalue weighted by Crippen LogP contribution is 2.17. The number of carboxylic acids is 1. The van der Waals surface area contributed by atoms with Crippen LogP contribution in [0.1, 0.15) is 19.8 Å². The zero-order valence-corrected chi connectivity index (χ0v) is 6.61. The summed E-state index contributed by atoms with van der Waals surface area (Å²) < 4.78 is 0. The summed E-state index contributed by atoms with van der Waals surface area (Å²) in [7, 11) is 0. The van der Waals surface area contributed by atoms with Gasteiger partial charge in [-0.25, -0.2) is 4.79 Å². The van der Waals surface area contributed by atoms with Crippen LogP contribution in [-0.2, 0) is 14.4 Å². The Hall–Kier alpha value is -1.39. The van der Waals surface area contributed by atoms with Crippen LogP contribution in [0.15, 0.2) is 5.16 Å². The number of aliphatic carboxylic acids is 1. The summed E-state index contributed by atoms with van der Waals surface area (Å²) in [6, 6.07) is 0. The minimum absolute atomic E-state index is 0.0351. The summed E-state index contributed by atoms with van der Waals surface area (Å²) in [6.07, 6.45) is 0.232. The smallest absolute Gasteiger partial charge is 0.343 e. The molecule has 1 aliphatic rings. The van der Waals surface area contributed by atoms with E-state index in [0.717, 1.165) is 0 Å². The molecule has 0 aromatic rings. The Balaban J connectivity index is 2.46. The standard InChI is InChI=1S/C7H9NO4/c1-4-5(2-3-6(9)10)7(11)12-8-4/h5H,2-3H2,1H3,(H,9,10)/t5-/m1/s1. The van der Waals surface area contributed by atoms with Crippen molar-refractivity contribution in [1.82, 2.24) is 0 Å². The van der Waals surface area contributed by atoms with Crippen LogP contribution in [0.4, 0.5) is 0 Å². The monoisotopic (exact) mass is 171 g/mol. The van der Waals surface area contributed by atoms with E-state index < -0.39 is 17.9 Å². The Labute approximate surface area is 69.0 Å². The van der Waals surface area contributed by atoms with E-state index in [4.69, 9.17) is 5.11 Å². The Kier molecular flexibility index (Phi) is 2.42. The van der Waals surface area contributed by atoms with Gasteiger partial charge < -0.3 is 9.94 Å². The molecule has 0 radical (unpaired) electrons. The van der Waals surface area contributed by atoms with Gasteiger partial charge in [0.25, 0.3) is 0 Å². The highest BCUT2D eigenvalue weighted by atomic mass is 16.7. The molecule has 0 fully saturated rings. The summed E-state index contributed by atoms with van der Waals surface area (Å²) >= 11 is 0. The van der Waals surface area contributed by atoms with E-state index in [2.05, 4.69) is 9.99 Å². The highest BCUT2D eigenvalue weighted by Gasteiger charge is 2.29. The lowest BCUT2D eigenvalue weighted by molar-refractivity contribution is -0.144. The van der Waals surface area contributed by atoms with Crippen molar-refractivity contribution in [3.05, 3.63) is 0 Å². The first-order valence-corrected chi connectivity index (χ1v) is 3.58. The van der Waals surface area contributed by atoms with Crippen molar-refractivity contribution < 1.29 is 19.5 Å². The fourth-order valence-corrected chi connectivity index (χ4v) is 1.01. The molecule has 66 valence electrons. The first kappa shape index (κ1) is 8.70. The van der Waals surface area contributed by atoms with Gasteiger partial charge in [0.05, 0.1) is 5.71 Å². The molecule has 5 nitrogen and oxygen atoms in total. The molecule has 0 bridgehead atoms. The van der Waals surface area contributed by atoms with Crippen LogP contribution < -0.4 is 0 Å². The zero-order chi connectivity index (χ0) is 9.14. The second-order valence-electron chi connectivity index (χ2n) is 2.63. The summed E-state index contributed by atoms with van der Waals surface area (Å²) in [5.74, 6) is -1.82. The van der Waals surface area contributed by atoms with Crippen molar-refractivity contribution in [2.24, 2.45) is 11.1 Å². The predicted molar refractivity (Wildman–Crippen MR) is 39.6 cm³/mol. The molecule has 0 unspecified atom stereocenters. The summed E-state index contributed by atoms with van der Waals surface area (Å²) in [4.78, 5) is 25.4. The molecule has 1 aliphatic heterocycles. The molecule has 0 saturated carbocycles. The fraction of sp³-hybridized carbons (Fsp3) is 0.571. The molecule has 0 aliphatic carbocycles. The van der Waals surface area contributed by atoms with Gasteiger partial charge in [0, 0.05) is 6.42 Å². The van der Waals surface area contributed by atoms with Crippen molar-refractivity contribution in [2.45, 2.75) is 19.8 Å². The average molecular weight is 171 g/mol. The number of hydrogen-bond donors (Lipinski definition) is 1. The molecule has 0 aromatic heterocycles. The molecule has 1 heterocycles. The first-order valence-electron chi connectivity index (χ1n) is 3.58. The summed E-state index contributed by atoms with van der Waals surface area (Å²) in [6.45, 7) is 1.65. The molecular weight excluding hydrogens is 162 g/mol. The second-order valence-corrected chi connectivity index (χ2v) is 2.63. The van der Waals surface area contributed by atoms with Crippen molar-refractivity contribution in [3.63, 3.8) is 0 Å². The van der Waals surface area contributed by atoms with Gasteiger partial charge in [-0.05, 0) is 13.3 Å². The van der Waals surface area contributed by atoms with Gasteiger partial charge >= 0.3 is 11.9 Å². The quantitative estimate of drug-likeness (QED) is 0.623. The maximum atomic E-state index is 10.9. The molecule has 5 heteroatoms. The Morgan fingerprint density at radius 1 is 1.75 bits per heavy atom. The van der Waals surface area contributed by atoms with Gasteiger partial charge in [-0.15, -0.1) is 0 Å². The van der Waals surface area contributed by atoms with E-state index in [9.17, 15) is 9.59 Å². The molecular formula is C7H9NO4. The summed E-state index contributed by atoms with van der Waals surface area (Å²) in [5.41, 5.74) is 0.557. The third-order valence-corrected chi connectivity index (χ3v) is 1.72. The Morgan fingerprint density at radius 3 is 2.83 bits per heavy atom. The van der Waals surface area contributed by atoms with Crippen LogP contribution in [0.25, 0.3) is 0 Å². The van der Waals surface area contributed by atoms with Gasteiger partial charge in [0.2, 0.25) is 0 Å². The topological polar surface area (TPSA) is 76.0 Å². The Morgan fingerprint density at radius 2 is 2.42 bits per heavy atom. The van der Waals surface area contributed by atoms with Crippen molar-refractivity contribution in [1.29, 1.82) is 0 Å². The minimum Gasteiger partial charge on any atom is -0.481 e. The maximum absolute atomic E-state index is 10.9. The minimum atomic E-state index is -0.914. The molecule has 0 amide bonds. The van der Waals surface area contributed by atoms with E-state index in [-0.39, 0.29) is 12.8 Å². The number of carboxylic acid groups (broad SMARTS) is 1. The maximum Gasteiger partial charge on any atom is 0.343 e. The number of carbonyl (C=O) groups excluding carboxylic acids is 1. The molecule has 1 N–H and O–H groups in total. The van der Waals surface area contributed by atoms with E-state index in [1.165, 1.54) is 0 Å². The van der Waals surface area contributed by atoms with E-state index in [1.54, 1.807) is 6.92 Å². The van der Waals surface area contributed by atoms with Crippen LogP contribution in [-0.4, -0.2) is 22.8 Å². The van der Waals surface area contributed by atoms with Crippen molar-refractivity contribution in [3.8, 4) is 0 Å². The van der Waals surface area contributed by atoms with Crippen LogP contribution in [0, 0.1) is 5.92 Å². The number of hydrogen-bond acceptors (Lipinski definition) is 4. The lowest BCUT2D eigenvalue weighted by Crippen LogP contribution is -2.17. The molecule has 1 rings (SSSR count). The first-order chi connectivity index (χ1) is 5.61. The molecule has 0 saturated heterocycles. The van der Waals surface area contributed by atoms with Crippen LogP contribution >= 0.6 is 0 Å². The lowest BCUT2D eigenvalue weighted by atomic mass is 10.00. The van der Waals surface area contributed by atoms with Gasteiger partial charge in [0.15, 0.2) is 0 Å². The third-order valence-electron chi connectivity index (χ3n) is 1.72. The number of carbonyl (C=O) groups is 2. The second kappa shape index (κ2) is 3.34. The van der Waals surface area contributed by atoms with Gasteiger partial charge in [-0.3, -0.25) is 4.79 Å². The molecule has 0 spiro atoms. The lowest BCUT2D eigenvalue weighted by Gasteiger charge is -2.01. The average Bonchev–Trinajstić information content (AvgIpc) is 2.28. The zero-order valence-electron chi connectivity index (χ0n) is 6.61. The third kappa shape index (κ3) is 1.81. The van der Waals surface area contributed by atoms with E-state index in [1.807, 2.05) is 0 Å². The van der Waals surface area contributed by atoms with Crippen LogP contribution in [0.5, 0.6) is 0 Å². The Bertz CT molecular complexity index is 246. The van der Waals surface area contributed by atoms with Gasteiger partial charge in [-0.1, -0.05) is 5.16 Å². The van der Waals surface area contributed by atoms with Gasteiger partial charge in [-0.2, -0.15) is 0 Å². The normalized spacial score (nSPS) is 21.9. The van der Waals surface area contributed by atoms with Crippen molar-refractivity contribution >= 4 is 17.7 Å². The van der Waals surface area contributed by atoms with Crippen LogP contribution in [0.3, 0.4) is 0 Å². The number of oxime groups is 1. The molecule has 12 heavy (non-hydrogen) atoms. The number of nitrogens with zero attached hydrogens (tertiary/aromatic N) is 1. The van der Waals surface area contributed by atoms with Crippen LogP contribution in [0.2, 0.25) is 0 Å². The van der Waals surface area contributed by atoms with E-state index >= 15 is 0 Å². The fourth-order valence-electron chi connectivity index (χ4n) is 1.01. The molecule has 1 atom stereocenters. The molecule has 0 aromatic carbocycles. The van der Waals surface area contributed by atoms with Crippen molar-refractivity contribution in [2.75, 3.05) is 0 Å². The largest absolute Gasteiger partial charge is 0.481 e. The number of rotatable bonds is 3. The van der Waals surface area contributed by atoms with E-state index in [0.29, 0.717) is 5.71 Å². The predicted octanol–water partition coefficient (Wildman–Crippen LogP) is 0.400. The highest BCUT2D eigenvalue weighted by molar-refractivity contribution is 6.03.